The molecule has 0 saturated carbocycles. The summed E-state index contributed by atoms with van der Waals surface area (Å²) in [6, 6.07) is 21.8. The van der Waals surface area contributed by atoms with Gasteiger partial charge in [0.2, 0.25) is 0 Å². The molecule has 0 spiro atoms. The van der Waals surface area contributed by atoms with E-state index in [9.17, 15) is 0 Å². The number of hydrogen-bond acceptors (Lipinski definition) is 1. The van der Waals surface area contributed by atoms with E-state index in [1.165, 1.54) is 38.7 Å². The number of hydrogen-bond donors (Lipinski definition) is 0. The maximum absolute atomic E-state index is 2.34. The summed E-state index contributed by atoms with van der Waals surface area (Å²) in [7, 11) is 0. The van der Waals surface area contributed by atoms with Crippen molar-refractivity contribution in [1.29, 1.82) is 0 Å². The Labute approximate surface area is 149 Å². The summed E-state index contributed by atoms with van der Waals surface area (Å²) in [6.45, 7) is 5.42. The largest absolute Gasteiger partial charge is 0.348 e. The molecule has 4 rings (SSSR count). The van der Waals surface area contributed by atoms with Gasteiger partial charge >= 0.3 is 0 Å². The van der Waals surface area contributed by atoms with Crippen molar-refractivity contribution < 1.29 is 0 Å². The molecule has 0 unspecified atom stereocenters. The molecule has 0 aromatic heterocycles. The van der Waals surface area contributed by atoms with Crippen molar-refractivity contribution in [3.63, 3.8) is 0 Å². The fourth-order valence-corrected chi connectivity index (χ4v) is 3.76. The fourth-order valence-electron chi connectivity index (χ4n) is 3.76. The number of nitrogens with zero attached hydrogens (tertiary/aromatic N) is 1. The Bertz CT molecular complexity index is 978. The molecule has 1 heterocycles. The maximum Gasteiger partial charge on any atom is 0.0485 e. The Morgan fingerprint density at radius 3 is 2.52 bits per heavy atom. The van der Waals surface area contributed by atoms with E-state index < -0.39 is 0 Å². The van der Waals surface area contributed by atoms with Crippen molar-refractivity contribution >= 4 is 28.1 Å². The van der Waals surface area contributed by atoms with Crippen molar-refractivity contribution in [3.8, 4) is 0 Å². The average molecular weight is 325 g/mol. The van der Waals surface area contributed by atoms with Gasteiger partial charge < -0.3 is 4.90 Å². The predicted octanol–water partition coefficient (Wildman–Crippen LogP) is 6.30. The molecule has 1 aliphatic rings. The molecule has 0 fully saturated rings. The first-order valence-corrected chi connectivity index (χ1v) is 9.08. The van der Waals surface area contributed by atoms with Gasteiger partial charge in [0.1, 0.15) is 0 Å². The fraction of sp³-hybridized carbons (Fsp3) is 0.167. The number of rotatable bonds is 3. The molecule has 124 valence electrons. The van der Waals surface area contributed by atoms with Gasteiger partial charge in [0, 0.05) is 24.0 Å². The Morgan fingerprint density at radius 2 is 1.68 bits per heavy atom. The first kappa shape index (κ1) is 15.7. The third-order valence-electron chi connectivity index (χ3n) is 5.04. The van der Waals surface area contributed by atoms with Crippen LogP contribution in [0.3, 0.4) is 0 Å². The quantitative estimate of drug-likeness (QED) is 0.546. The van der Waals surface area contributed by atoms with Crippen molar-refractivity contribution in [3.05, 3.63) is 89.6 Å². The van der Waals surface area contributed by atoms with Gasteiger partial charge in [-0.15, -0.1) is 0 Å². The Kier molecular flexibility index (Phi) is 4.15. The second kappa shape index (κ2) is 6.60. The van der Waals surface area contributed by atoms with Gasteiger partial charge in [-0.25, -0.2) is 0 Å². The van der Waals surface area contributed by atoms with Crippen LogP contribution in [-0.2, 0) is 6.42 Å². The van der Waals surface area contributed by atoms with Crippen LogP contribution in [0.15, 0.2) is 72.9 Å². The van der Waals surface area contributed by atoms with E-state index >= 15 is 0 Å². The van der Waals surface area contributed by atoms with Crippen LogP contribution in [0, 0.1) is 0 Å². The van der Waals surface area contributed by atoms with Gasteiger partial charge in [-0.05, 0) is 59.0 Å². The molecule has 0 aliphatic carbocycles. The maximum atomic E-state index is 2.34. The zero-order valence-electron chi connectivity index (χ0n) is 14.9. The number of aryl methyl sites for hydroxylation is 1. The summed E-state index contributed by atoms with van der Waals surface area (Å²) in [5, 5.41) is 2.68. The highest BCUT2D eigenvalue weighted by molar-refractivity contribution is 5.97. The third kappa shape index (κ3) is 2.76. The van der Waals surface area contributed by atoms with Crippen LogP contribution in [-0.4, -0.2) is 6.54 Å². The Hall–Kier alpha value is -2.80. The first-order chi connectivity index (χ1) is 12.3. The van der Waals surface area contributed by atoms with Crippen LogP contribution in [0.5, 0.6) is 0 Å². The zero-order chi connectivity index (χ0) is 17.2. The van der Waals surface area contributed by atoms with Crippen molar-refractivity contribution in [2.75, 3.05) is 11.4 Å². The van der Waals surface area contributed by atoms with Crippen LogP contribution >= 0.6 is 0 Å². The normalized spacial score (nSPS) is 15.0. The summed E-state index contributed by atoms with van der Waals surface area (Å²) < 4.78 is 0. The molecule has 0 bridgehead atoms. The summed E-state index contributed by atoms with van der Waals surface area (Å²) in [6.07, 6.45) is 7.81. The van der Waals surface area contributed by atoms with Gasteiger partial charge in [0.05, 0.1) is 0 Å². The summed E-state index contributed by atoms with van der Waals surface area (Å²) in [4.78, 5) is 2.30. The van der Waals surface area contributed by atoms with Crippen LogP contribution in [0.2, 0.25) is 0 Å². The summed E-state index contributed by atoms with van der Waals surface area (Å²) in [5.74, 6) is 0. The van der Waals surface area contributed by atoms with E-state index in [1.807, 2.05) is 0 Å². The molecule has 0 radical (unpaired) electrons. The number of allylic oxidation sites excluding steroid dienone is 2. The third-order valence-corrected chi connectivity index (χ3v) is 5.04. The van der Waals surface area contributed by atoms with Gasteiger partial charge in [-0.1, -0.05) is 61.5 Å². The smallest absolute Gasteiger partial charge is 0.0485 e. The second-order valence-electron chi connectivity index (χ2n) is 6.43. The molecule has 0 amide bonds. The topological polar surface area (TPSA) is 3.24 Å². The van der Waals surface area contributed by atoms with Gasteiger partial charge in [0.25, 0.3) is 0 Å². The minimum atomic E-state index is 0.983. The molecular weight excluding hydrogens is 302 g/mol. The lowest BCUT2D eigenvalue weighted by molar-refractivity contribution is 1.01. The van der Waals surface area contributed by atoms with E-state index in [0.29, 0.717) is 0 Å². The lowest BCUT2D eigenvalue weighted by atomic mass is 9.93. The highest BCUT2D eigenvalue weighted by Gasteiger charge is 2.15. The lowest BCUT2D eigenvalue weighted by Crippen LogP contribution is -2.18. The Balaban J connectivity index is 1.88. The molecule has 0 saturated heterocycles. The molecular formula is C24H23N. The monoisotopic (exact) mass is 325 g/mol. The highest BCUT2D eigenvalue weighted by atomic mass is 15.1. The Morgan fingerprint density at radius 1 is 0.880 bits per heavy atom. The number of anilines is 1. The van der Waals surface area contributed by atoms with E-state index in [2.05, 4.69) is 97.8 Å². The SMILES string of the molecule is CCc1c(/C=C2/C=CN(CC)c3ccccc32)ccc2ccccc12. The number of benzene rings is 3. The predicted molar refractivity (Wildman–Crippen MR) is 110 cm³/mol. The molecule has 3 aromatic carbocycles. The molecule has 0 N–H and O–H groups in total. The first-order valence-electron chi connectivity index (χ1n) is 9.08. The number of fused-ring (bicyclic) bond motifs is 2. The van der Waals surface area contributed by atoms with E-state index in [-0.39, 0.29) is 0 Å². The minimum Gasteiger partial charge on any atom is -0.348 e. The molecule has 1 heteroatoms. The van der Waals surface area contributed by atoms with Gasteiger partial charge in [0.15, 0.2) is 0 Å². The second-order valence-corrected chi connectivity index (χ2v) is 6.43. The molecule has 25 heavy (non-hydrogen) atoms. The van der Waals surface area contributed by atoms with Gasteiger partial charge in [-0.2, -0.15) is 0 Å². The van der Waals surface area contributed by atoms with Crippen LogP contribution in [0.1, 0.15) is 30.5 Å². The minimum absolute atomic E-state index is 0.983. The van der Waals surface area contributed by atoms with E-state index in [1.54, 1.807) is 0 Å². The van der Waals surface area contributed by atoms with Crippen LogP contribution in [0.4, 0.5) is 5.69 Å². The van der Waals surface area contributed by atoms with E-state index in [4.69, 9.17) is 0 Å². The molecule has 1 aliphatic heterocycles. The van der Waals surface area contributed by atoms with Crippen molar-refractivity contribution in [2.45, 2.75) is 20.3 Å². The van der Waals surface area contributed by atoms with Crippen LogP contribution in [0.25, 0.3) is 22.4 Å². The van der Waals surface area contributed by atoms with Crippen LogP contribution < -0.4 is 4.90 Å². The summed E-state index contributed by atoms with van der Waals surface area (Å²) >= 11 is 0. The van der Waals surface area contributed by atoms with Crippen molar-refractivity contribution in [2.24, 2.45) is 0 Å². The van der Waals surface area contributed by atoms with Gasteiger partial charge in [-0.3, -0.25) is 0 Å². The number of para-hydroxylation sites is 1. The van der Waals surface area contributed by atoms with Crippen molar-refractivity contribution in [1.82, 2.24) is 0 Å². The lowest BCUT2D eigenvalue weighted by Gasteiger charge is -2.26. The average Bonchev–Trinajstić information content (AvgIpc) is 2.68. The highest BCUT2D eigenvalue weighted by Crippen LogP contribution is 2.35. The molecule has 1 nitrogen and oxygen atoms in total. The summed E-state index contributed by atoms with van der Waals surface area (Å²) in [5.41, 5.74) is 6.62. The van der Waals surface area contributed by atoms with E-state index in [0.717, 1.165) is 13.0 Å². The molecule has 3 aromatic rings. The standard InChI is InChI=1S/C24H23N/c1-3-21-19(14-13-18-9-5-6-10-22(18)21)17-20-15-16-25(4-2)24-12-8-7-11-23(20)24/h5-17H,3-4H2,1-2H3/b20-17-. The zero-order valence-corrected chi connectivity index (χ0v) is 14.9. The molecule has 0 atom stereocenters.